The van der Waals surface area contributed by atoms with Gasteiger partial charge in [0.25, 0.3) is 0 Å². The second-order valence-electron chi connectivity index (χ2n) is 7.47. The average molecular weight is 446 g/mol. The van der Waals surface area contributed by atoms with E-state index in [1.165, 1.54) is 24.3 Å². The van der Waals surface area contributed by atoms with E-state index in [4.69, 9.17) is 14.2 Å². The van der Waals surface area contributed by atoms with E-state index >= 15 is 0 Å². The van der Waals surface area contributed by atoms with Gasteiger partial charge in [-0.1, -0.05) is 38.1 Å². The van der Waals surface area contributed by atoms with Gasteiger partial charge >= 0.3 is 0 Å². The molecule has 0 fully saturated rings. The molecule has 0 N–H and O–H groups in total. The zero-order valence-electron chi connectivity index (χ0n) is 18.5. The predicted molar refractivity (Wildman–Crippen MR) is 125 cm³/mol. The number of ether oxygens (including phenoxy) is 3. The average Bonchev–Trinajstić information content (AvgIpc) is 2.80. The van der Waals surface area contributed by atoms with E-state index in [2.05, 4.69) is 0 Å². The van der Waals surface area contributed by atoms with Crippen LogP contribution in [0.25, 0.3) is 0 Å². The van der Waals surface area contributed by atoms with Gasteiger partial charge in [-0.15, -0.1) is 0 Å². The Hall–Kier alpha value is -3.86. The maximum atomic E-state index is 13.6. The first-order chi connectivity index (χ1) is 16.0. The van der Waals surface area contributed by atoms with Crippen LogP contribution in [0.2, 0.25) is 0 Å². The van der Waals surface area contributed by atoms with Crippen molar-refractivity contribution in [2.75, 3.05) is 0 Å². The lowest BCUT2D eigenvalue weighted by Crippen LogP contribution is -1.94. The number of rotatable bonds is 8. The molecule has 0 bridgehead atoms. The Morgan fingerprint density at radius 3 is 1.33 bits per heavy atom. The van der Waals surface area contributed by atoms with E-state index < -0.39 is 0 Å². The molecular formula is C28H24F2O3. The van der Waals surface area contributed by atoms with Crippen molar-refractivity contribution in [3.8, 4) is 34.5 Å². The van der Waals surface area contributed by atoms with Crippen molar-refractivity contribution >= 4 is 0 Å². The minimum atomic E-state index is -0.361. The van der Waals surface area contributed by atoms with Gasteiger partial charge in [-0.25, -0.2) is 8.78 Å². The van der Waals surface area contributed by atoms with Crippen molar-refractivity contribution in [1.29, 1.82) is 0 Å². The summed E-state index contributed by atoms with van der Waals surface area (Å²) < 4.78 is 45.1. The van der Waals surface area contributed by atoms with Gasteiger partial charge in [0.15, 0.2) is 0 Å². The third kappa shape index (κ3) is 5.69. The first kappa shape index (κ1) is 22.3. The molecule has 0 radical (unpaired) electrons. The lowest BCUT2D eigenvalue weighted by molar-refractivity contribution is 0.445. The summed E-state index contributed by atoms with van der Waals surface area (Å²) in [6.45, 7) is 4.04. The third-order valence-electron chi connectivity index (χ3n) is 5.12. The molecule has 168 valence electrons. The van der Waals surface area contributed by atoms with E-state index in [0.29, 0.717) is 34.5 Å². The Morgan fingerprint density at radius 1 is 0.515 bits per heavy atom. The molecule has 0 amide bonds. The Balaban J connectivity index is 1.59. The summed E-state index contributed by atoms with van der Waals surface area (Å²) in [5.74, 6) is 2.45. The highest BCUT2D eigenvalue weighted by atomic mass is 19.1. The fourth-order valence-corrected chi connectivity index (χ4v) is 3.42. The first-order valence-corrected chi connectivity index (χ1v) is 10.8. The Bertz CT molecular complexity index is 1160. The molecule has 0 aliphatic rings. The van der Waals surface area contributed by atoms with Crippen molar-refractivity contribution in [2.24, 2.45) is 0 Å². The molecule has 0 spiro atoms. The fraction of sp³-hybridized carbons (Fsp3) is 0.143. The Labute approximate surface area is 192 Å². The van der Waals surface area contributed by atoms with Crippen LogP contribution in [0.15, 0.2) is 84.9 Å². The second kappa shape index (κ2) is 10.2. The van der Waals surface area contributed by atoms with Crippen LogP contribution in [-0.2, 0) is 12.8 Å². The van der Waals surface area contributed by atoms with Gasteiger partial charge in [0.1, 0.15) is 46.1 Å². The van der Waals surface area contributed by atoms with Crippen molar-refractivity contribution in [2.45, 2.75) is 26.7 Å². The Morgan fingerprint density at radius 2 is 0.939 bits per heavy atom. The molecule has 0 aliphatic heterocycles. The number of aryl methyl sites for hydroxylation is 2. The maximum Gasteiger partial charge on any atom is 0.134 e. The summed E-state index contributed by atoms with van der Waals surface area (Å²) in [4.78, 5) is 0. The second-order valence-corrected chi connectivity index (χ2v) is 7.47. The quantitative estimate of drug-likeness (QED) is 0.272. The van der Waals surface area contributed by atoms with Crippen LogP contribution >= 0.6 is 0 Å². The molecule has 33 heavy (non-hydrogen) atoms. The molecule has 3 nitrogen and oxygen atoms in total. The van der Waals surface area contributed by atoms with Crippen LogP contribution < -0.4 is 14.2 Å². The van der Waals surface area contributed by atoms with E-state index in [9.17, 15) is 8.78 Å². The van der Waals surface area contributed by atoms with Gasteiger partial charge in [0.05, 0.1) is 0 Å². The first-order valence-electron chi connectivity index (χ1n) is 10.8. The van der Waals surface area contributed by atoms with E-state index in [1.54, 1.807) is 36.4 Å². The molecule has 0 aromatic heterocycles. The third-order valence-corrected chi connectivity index (χ3v) is 5.12. The predicted octanol–water partition coefficient (Wildman–Crippen LogP) is 8.47. The number of hydrogen-bond donors (Lipinski definition) is 0. The van der Waals surface area contributed by atoms with Crippen molar-refractivity contribution in [3.05, 3.63) is 108 Å². The highest BCUT2D eigenvalue weighted by molar-refractivity contribution is 5.48. The summed E-state index contributed by atoms with van der Waals surface area (Å²) in [7, 11) is 0. The lowest BCUT2D eigenvalue weighted by atomic mass is 10.1. The van der Waals surface area contributed by atoms with Crippen LogP contribution in [0, 0.1) is 11.6 Å². The molecule has 5 heteroatoms. The van der Waals surface area contributed by atoms with E-state index in [-0.39, 0.29) is 11.6 Å². The van der Waals surface area contributed by atoms with Crippen LogP contribution in [0.5, 0.6) is 34.5 Å². The molecule has 0 saturated carbocycles. The largest absolute Gasteiger partial charge is 0.457 e. The minimum Gasteiger partial charge on any atom is -0.457 e. The summed E-state index contributed by atoms with van der Waals surface area (Å²) >= 11 is 0. The van der Waals surface area contributed by atoms with Crippen LogP contribution in [0.3, 0.4) is 0 Å². The Kier molecular flexibility index (Phi) is 6.89. The van der Waals surface area contributed by atoms with Gasteiger partial charge in [-0.3, -0.25) is 0 Å². The fourth-order valence-electron chi connectivity index (χ4n) is 3.42. The van der Waals surface area contributed by atoms with Gasteiger partial charge in [0.2, 0.25) is 0 Å². The maximum absolute atomic E-state index is 13.6. The standard InChI is InChI=1S/C28H24F2O3/c1-3-19-11-13-25(17-27(19)32-23-9-5-7-21(29)15-23)31-26-14-12-20(4-2)28(18-26)33-24-10-6-8-22(30)16-24/h5-18H,3-4H2,1-2H3. The molecular weight excluding hydrogens is 422 g/mol. The minimum absolute atomic E-state index is 0.361. The summed E-state index contributed by atoms with van der Waals surface area (Å²) in [5, 5.41) is 0. The van der Waals surface area contributed by atoms with E-state index in [0.717, 1.165) is 24.0 Å². The van der Waals surface area contributed by atoms with Gasteiger partial charge in [0, 0.05) is 24.3 Å². The van der Waals surface area contributed by atoms with Crippen molar-refractivity contribution in [1.82, 2.24) is 0 Å². The number of benzene rings is 4. The number of hydrogen-bond acceptors (Lipinski definition) is 3. The summed E-state index contributed by atoms with van der Waals surface area (Å²) in [6, 6.07) is 23.2. The van der Waals surface area contributed by atoms with Gasteiger partial charge < -0.3 is 14.2 Å². The zero-order valence-corrected chi connectivity index (χ0v) is 18.5. The zero-order chi connectivity index (χ0) is 23.2. The molecule has 4 aromatic carbocycles. The molecule has 0 heterocycles. The highest BCUT2D eigenvalue weighted by Gasteiger charge is 2.11. The van der Waals surface area contributed by atoms with Crippen LogP contribution in [0.4, 0.5) is 8.78 Å². The molecule has 4 aromatic rings. The number of halogens is 2. The molecule has 4 rings (SSSR count). The van der Waals surface area contributed by atoms with E-state index in [1.807, 2.05) is 38.1 Å². The van der Waals surface area contributed by atoms with Crippen LogP contribution in [0.1, 0.15) is 25.0 Å². The normalized spacial score (nSPS) is 10.7. The summed E-state index contributed by atoms with van der Waals surface area (Å²) in [6.07, 6.45) is 1.50. The smallest absolute Gasteiger partial charge is 0.134 e. The van der Waals surface area contributed by atoms with Crippen molar-refractivity contribution < 1.29 is 23.0 Å². The van der Waals surface area contributed by atoms with Gasteiger partial charge in [-0.2, -0.15) is 0 Å². The summed E-state index contributed by atoms with van der Waals surface area (Å²) in [5.41, 5.74) is 1.95. The molecule has 0 atom stereocenters. The highest BCUT2D eigenvalue weighted by Crippen LogP contribution is 2.35. The lowest BCUT2D eigenvalue weighted by Gasteiger charge is -2.15. The van der Waals surface area contributed by atoms with Crippen LogP contribution in [-0.4, -0.2) is 0 Å². The monoisotopic (exact) mass is 446 g/mol. The molecule has 0 unspecified atom stereocenters. The molecule has 0 saturated heterocycles. The SMILES string of the molecule is CCc1ccc(Oc2ccc(CC)c(Oc3cccc(F)c3)c2)cc1Oc1cccc(F)c1. The molecule has 0 aliphatic carbocycles. The topological polar surface area (TPSA) is 27.7 Å². The van der Waals surface area contributed by atoms with Gasteiger partial charge in [-0.05, 0) is 60.4 Å². The van der Waals surface area contributed by atoms with Crippen molar-refractivity contribution in [3.63, 3.8) is 0 Å².